The molecule has 0 saturated heterocycles. The van der Waals surface area contributed by atoms with Crippen molar-refractivity contribution in [2.75, 3.05) is 0 Å². The predicted molar refractivity (Wildman–Crippen MR) is 91.3 cm³/mol. The van der Waals surface area contributed by atoms with Crippen molar-refractivity contribution >= 4 is 45.9 Å². The summed E-state index contributed by atoms with van der Waals surface area (Å²) in [7, 11) is 0. The first-order valence-corrected chi connectivity index (χ1v) is 8.47. The number of rotatable bonds is 3. The van der Waals surface area contributed by atoms with Gasteiger partial charge in [-0.05, 0) is 54.0 Å². The molecule has 0 amide bonds. The molecule has 2 aliphatic carbocycles. The molecule has 2 aromatic rings. The summed E-state index contributed by atoms with van der Waals surface area (Å²) in [4.78, 5) is 12.6. The fraction of sp³-hybridized carbons (Fsp3) is 0.389. The molecule has 4 rings (SSSR count). The molecule has 2 aliphatic rings. The lowest BCUT2D eigenvalue weighted by Gasteiger charge is -2.26. The van der Waals surface area contributed by atoms with E-state index in [-0.39, 0.29) is 23.3 Å². The lowest BCUT2D eigenvalue weighted by atomic mass is 9.88. The third-order valence-electron chi connectivity index (χ3n) is 5.08. The molecule has 4 atom stereocenters. The molecule has 2 bridgehead atoms. The summed E-state index contributed by atoms with van der Waals surface area (Å²) in [6.45, 7) is 0. The number of thioether (sulfide) groups is 1. The number of carbonyl (C=O) groups is 1. The first-order chi connectivity index (χ1) is 10.2. The largest absolute Gasteiger partial charge is 0.481 e. The average Bonchev–Trinajstić information content (AvgIpc) is 3.07. The van der Waals surface area contributed by atoms with Crippen molar-refractivity contribution in [3.05, 3.63) is 42.5 Å². The Morgan fingerprint density at radius 3 is 2.55 bits per heavy atom. The van der Waals surface area contributed by atoms with Crippen molar-refractivity contribution in [1.29, 1.82) is 0 Å². The van der Waals surface area contributed by atoms with Crippen LogP contribution in [0.3, 0.4) is 0 Å². The number of aliphatic carboxylic acids is 1. The molecule has 0 aromatic heterocycles. The first kappa shape index (κ1) is 15.9. The lowest BCUT2D eigenvalue weighted by Crippen LogP contribution is -2.28. The minimum atomic E-state index is -0.591. The number of hydrogen-bond donors (Lipinski definition) is 1. The van der Waals surface area contributed by atoms with Gasteiger partial charge in [-0.2, -0.15) is 0 Å². The molecule has 2 fully saturated rings. The zero-order valence-corrected chi connectivity index (χ0v) is 14.3. The molecule has 4 heteroatoms. The summed E-state index contributed by atoms with van der Waals surface area (Å²) in [5, 5.41) is 12.4. The van der Waals surface area contributed by atoms with Crippen LogP contribution >= 0.6 is 11.8 Å². The maximum absolute atomic E-state index is 11.4. The number of carboxylic acids is 1. The Bertz CT molecular complexity index is 702. The van der Waals surface area contributed by atoms with Gasteiger partial charge in [0.2, 0.25) is 0 Å². The number of carboxylic acid groups (broad SMARTS) is 1. The van der Waals surface area contributed by atoms with E-state index in [0.29, 0.717) is 17.1 Å². The highest BCUT2D eigenvalue weighted by molar-refractivity contribution is 8.00. The van der Waals surface area contributed by atoms with E-state index in [9.17, 15) is 9.90 Å². The van der Waals surface area contributed by atoms with Gasteiger partial charge in [-0.3, -0.25) is 4.79 Å². The first-order valence-electron chi connectivity index (χ1n) is 7.59. The topological polar surface area (TPSA) is 37.3 Å². The van der Waals surface area contributed by atoms with E-state index in [0.717, 1.165) is 12.8 Å². The van der Waals surface area contributed by atoms with Crippen molar-refractivity contribution in [3.8, 4) is 0 Å². The molecule has 111 valence electrons. The summed E-state index contributed by atoms with van der Waals surface area (Å²) in [5.41, 5.74) is 0. The van der Waals surface area contributed by atoms with Gasteiger partial charge in [-0.15, -0.1) is 11.8 Å². The van der Waals surface area contributed by atoms with E-state index in [4.69, 9.17) is 0 Å². The fourth-order valence-electron chi connectivity index (χ4n) is 4.12. The van der Waals surface area contributed by atoms with Gasteiger partial charge in [-0.1, -0.05) is 30.3 Å². The molecule has 4 unspecified atom stereocenters. The van der Waals surface area contributed by atoms with Crippen LogP contribution in [0.5, 0.6) is 0 Å². The van der Waals surface area contributed by atoms with E-state index in [1.54, 1.807) is 0 Å². The maximum Gasteiger partial charge on any atom is 0.306 e. The molecule has 22 heavy (non-hydrogen) atoms. The van der Waals surface area contributed by atoms with Gasteiger partial charge in [0.25, 0.3) is 0 Å². The summed E-state index contributed by atoms with van der Waals surface area (Å²) in [5.74, 6) is 0.297. The van der Waals surface area contributed by atoms with Gasteiger partial charge in [0.1, 0.15) is 0 Å². The van der Waals surface area contributed by atoms with Crippen LogP contribution in [-0.4, -0.2) is 33.7 Å². The minimum absolute atomic E-state index is 0. The van der Waals surface area contributed by atoms with Crippen molar-refractivity contribution in [1.82, 2.24) is 0 Å². The summed E-state index contributed by atoms with van der Waals surface area (Å²) in [6.07, 6.45) is 3.20. The maximum atomic E-state index is 11.4. The van der Waals surface area contributed by atoms with E-state index in [1.165, 1.54) is 22.1 Å². The van der Waals surface area contributed by atoms with Crippen LogP contribution in [0, 0.1) is 17.8 Å². The van der Waals surface area contributed by atoms with Gasteiger partial charge >= 0.3 is 5.97 Å². The molecule has 2 nitrogen and oxygen atoms in total. The van der Waals surface area contributed by atoms with Crippen LogP contribution in [0.4, 0.5) is 0 Å². The highest BCUT2D eigenvalue weighted by atomic mass is 32.2. The number of hydrogen-bond acceptors (Lipinski definition) is 2. The predicted octanol–water partition coefficient (Wildman–Crippen LogP) is 4.05. The van der Waals surface area contributed by atoms with Gasteiger partial charge in [0.05, 0.1) is 5.92 Å². The molecule has 0 aliphatic heterocycles. The van der Waals surface area contributed by atoms with Crippen LogP contribution in [0.25, 0.3) is 10.8 Å². The summed E-state index contributed by atoms with van der Waals surface area (Å²) < 4.78 is 0. The van der Waals surface area contributed by atoms with Crippen LogP contribution < -0.4 is 0 Å². The molecule has 3 radical (unpaired) electrons. The van der Waals surface area contributed by atoms with Crippen LogP contribution in [0.2, 0.25) is 0 Å². The third kappa shape index (κ3) is 2.80. The molecule has 2 aromatic carbocycles. The highest BCUT2D eigenvalue weighted by Crippen LogP contribution is 2.54. The Kier molecular flexibility index (Phi) is 4.55. The molecule has 0 spiro atoms. The van der Waals surface area contributed by atoms with Crippen molar-refractivity contribution in [2.45, 2.75) is 29.4 Å². The molecule has 0 heterocycles. The minimum Gasteiger partial charge on any atom is -0.481 e. The molecule has 1 N–H and O–H groups in total. The van der Waals surface area contributed by atoms with Gasteiger partial charge < -0.3 is 5.11 Å². The van der Waals surface area contributed by atoms with Crippen LogP contribution in [0.15, 0.2) is 47.4 Å². The Labute approximate surface area is 145 Å². The number of benzene rings is 2. The molecular formula is C18H18AlO2S. The highest BCUT2D eigenvalue weighted by Gasteiger charge is 2.49. The Hall–Kier alpha value is -0.948. The standard InChI is InChI=1S/C18H18O2S.Al/c19-18(20)16-8-11-7-15(16)17(9-11)21-14-6-5-12-3-1-2-4-13(12)10-14;/h1-6,10-11,15-17H,7-9H2,(H,19,20);. The normalized spacial score (nSPS) is 29.5. The Morgan fingerprint density at radius 2 is 1.82 bits per heavy atom. The molecule has 2 saturated carbocycles. The fourth-order valence-corrected chi connectivity index (χ4v) is 5.66. The summed E-state index contributed by atoms with van der Waals surface area (Å²) >= 11 is 1.89. The zero-order valence-electron chi connectivity index (χ0n) is 12.3. The van der Waals surface area contributed by atoms with E-state index >= 15 is 0 Å². The zero-order chi connectivity index (χ0) is 14.4. The second-order valence-corrected chi connectivity index (χ2v) is 7.66. The third-order valence-corrected chi connectivity index (χ3v) is 6.45. The van der Waals surface area contributed by atoms with Crippen molar-refractivity contribution in [3.63, 3.8) is 0 Å². The second kappa shape index (κ2) is 6.28. The van der Waals surface area contributed by atoms with Gasteiger partial charge in [-0.25, -0.2) is 0 Å². The summed E-state index contributed by atoms with van der Waals surface area (Å²) in [6, 6.07) is 15.0. The monoisotopic (exact) mass is 325 g/mol. The number of fused-ring (bicyclic) bond motifs is 3. The lowest BCUT2D eigenvalue weighted by molar-refractivity contribution is -0.143. The smallest absolute Gasteiger partial charge is 0.306 e. The van der Waals surface area contributed by atoms with E-state index in [1.807, 2.05) is 11.8 Å². The second-order valence-electron chi connectivity index (χ2n) is 6.35. The quantitative estimate of drug-likeness (QED) is 0.865. The Balaban J connectivity index is 0.00000144. The van der Waals surface area contributed by atoms with E-state index < -0.39 is 5.97 Å². The van der Waals surface area contributed by atoms with E-state index in [2.05, 4.69) is 42.5 Å². The molecular weight excluding hydrogens is 307 g/mol. The average molecular weight is 325 g/mol. The van der Waals surface area contributed by atoms with Gasteiger partial charge in [0.15, 0.2) is 0 Å². The Morgan fingerprint density at radius 1 is 1.05 bits per heavy atom. The van der Waals surface area contributed by atoms with Gasteiger partial charge in [0, 0.05) is 27.5 Å². The van der Waals surface area contributed by atoms with Crippen LogP contribution in [0.1, 0.15) is 19.3 Å². The SMILES string of the molecule is O=C(O)C1CC2CC(Sc3ccc4ccccc4c3)C1C2.[Al]. The van der Waals surface area contributed by atoms with Crippen LogP contribution in [-0.2, 0) is 4.79 Å². The van der Waals surface area contributed by atoms with Crippen molar-refractivity contribution < 1.29 is 9.90 Å². The van der Waals surface area contributed by atoms with Crippen molar-refractivity contribution in [2.24, 2.45) is 17.8 Å².